The average molecular weight is 233 g/mol. The fraction of sp³-hybridized carbons (Fsp3) is 0.909. The van der Waals surface area contributed by atoms with Crippen molar-refractivity contribution in [1.29, 1.82) is 0 Å². The lowest BCUT2D eigenvalue weighted by Crippen LogP contribution is -2.42. The van der Waals surface area contributed by atoms with Crippen LogP contribution in [-0.4, -0.2) is 37.0 Å². The van der Waals surface area contributed by atoms with Gasteiger partial charge in [-0.1, -0.05) is 6.92 Å². The van der Waals surface area contributed by atoms with Gasteiger partial charge in [0.05, 0.1) is 0 Å². The molecule has 2 aliphatic heterocycles. The average Bonchev–Trinajstić information content (AvgIpc) is 2.62. The maximum Gasteiger partial charge on any atom is 0.222 e. The Morgan fingerprint density at radius 1 is 1.47 bits per heavy atom. The highest BCUT2D eigenvalue weighted by molar-refractivity contribution is 5.85. The molecule has 0 aliphatic carbocycles. The first-order valence-corrected chi connectivity index (χ1v) is 5.74. The summed E-state index contributed by atoms with van der Waals surface area (Å²) in [4.78, 5) is 13.6. The Balaban J connectivity index is 0.00000112. The number of hydrogen-bond donors (Lipinski definition) is 1. The minimum Gasteiger partial charge on any atom is -0.342 e. The molecular weight excluding hydrogens is 212 g/mol. The summed E-state index contributed by atoms with van der Waals surface area (Å²) in [5, 5.41) is 3.46. The lowest BCUT2D eigenvalue weighted by atomic mass is 9.80. The number of piperidine rings is 1. The molecule has 0 saturated carbocycles. The molecule has 2 rings (SSSR count). The van der Waals surface area contributed by atoms with Gasteiger partial charge in [-0.05, 0) is 25.8 Å². The molecule has 2 heterocycles. The normalized spacial score (nSPS) is 30.3. The Hall–Kier alpha value is -0.280. The molecule has 0 bridgehead atoms. The van der Waals surface area contributed by atoms with Gasteiger partial charge in [-0.15, -0.1) is 12.4 Å². The van der Waals surface area contributed by atoms with Crippen molar-refractivity contribution < 1.29 is 4.79 Å². The van der Waals surface area contributed by atoms with Crippen LogP contribution >= 0.6 is 12.4 Å². The van der Waals surface area contributed by atoms with Crippen LogP contribution in [0.1, 0.15) is 32.6 Å². The fourth-order valence-corrected chi connectivity index (χ4v) is 2.75. The molecule has 4 heteroatoms. The van der Waals surface area contributed by atoms with Gasteiger partial charge in [-0.25, -0.2) is 0 Å². The zero-order valence-corrected chi connectivity index (χ0v) is 10.2. The number of amides is 1. The third-order valence-electron chi connectivity index (χ3n) is 3.65. The van der Waals surface area contributed by atoms with Gasteiger partial charge in [0.2, 0.25) is 5.91 Å². The number of nitrogens with zero attached hydrogens (tertiary/aromatic N) is 1. The van der Waals surface area contributed by atoms with Crippen molar-refractivity contribution in [2.75, 3.05) is 26.2 Å². The molecule has 1 amide bonds. The largest absolute Gasteiger partial charge is 0.342 e. The lowest BCUT2D eigenvalue weighted by Gasteiger charge is -2.33. The third kappa shape index (κ3) is 2.64. The van der Waals surface area contributed by atoms with Crippen molar-refractivity contribution in [1.82, 2.24) is 10.2 Å². The first kappa shape index (κ1) is 12.8. The molecule has 0 aromatic heterocycles. The van der Waals surface area contributed by atoms with E-state index in [4.69, 9.17) is 0 Å². The zero-order valence-electron chi connectivity index (χ0n) is 9.42. The van der Waals surface area contributed by atoms with Crippen LogP contribution in [-0.2, 0) is 4.79 Å². The monoisotopic (exact) mass is 232 g/mol. The first-order chi connectivity index (χ1) is 6.76. The van der Waals surface area contributed by atoms with Crippen molar-refractivity contribution in [3.05, 3.63) is 0 Å². The van der Waals surface area contributed by atoms with Gasteiger partial charge in [-0.2, -0.15) is 0 Å². The summed E-state index contributed by atoms with van der Waals surface area (Å²) in [7, 11) is 0. The first-order valence-electron chi connectivity index (χ1n) is 5.74. The van der Waals surface area contributed by atoms with Gasteiger partial charge in [0, 0.05) is 31.5 Å². The Morgan fingerprint density at radius 2 is 2.27 bits per heavy atom. The molecule has 15 heavy (non-hydrogen) atoms. The lowest BCUT2D eigenvalue weighted by molar-refractivity contribution is -0.130. The minimum atomic E-state index is 0. The van der Waals surface area contributed by atoms with Gasteiger partial charge in [0.1, 0.15) is 0 Å². The molecule has 1 spiro atoms. The summed E-state index contributed by atoms with van der Waals surface area (Å²) in [5.74, 6) is 0.326. The maximum atomic E-state index is 11.5. The van der Waals surface area contributed by atoms with E-state index in [1.54, 1.807) is 0 Å². The van der Waals surface area contributed by atoms with E-state index in [9.17, 15) is 4.79 Å². The summed E-state index contributed by atoms with van der Waals surface area (Å²) < 4.78 is 0. The van der Waals surface area contributed by atoms with Crippen LogP contribution in [0, 0.1) is 5.41 Å². The van der Waals surface area contributed by atoms with Crippen LogP contribution in [0.25, 0.3) is 0 Å². The van der Waals surface area contributed by atoms with E-state index < -0.39 is 0 Å². The minimum absolute atomic E-state index is 0. The fourth-order valence-electron chi connectivity index (χ4n) is 2.75. The zero-order chi connectivity index (χ0) is 10.0. The molecule has 1 unspecified atom stereocenters. The van der Waals surface area contributed by atoms with E-state index >= 15 is 0 Å². The highest BCUT2D eigenvalue weighted by atomic mass is 35.5. The van der Waals surface area contributed by atoms with Crippen molar-refractivity contribution in [3.8, 4) is 0 Å². The van der Waals surface area contributed by atoms with E-state index in [0.717, 1.165) is 26.2 Å². The second-order valence-corrected chi connectivity index (χ2v) is 4.70. The summed E-state index contributed by atoms with van der Waals surface area (Å²) in [6.45, 7) is 6.19. The molecule has 2 aliphatic rings. The van der Waals surface area contributed by atoms with Gasteiger partial charge < -0.3 is 10.2 Å². The predicted molar refractivity (Wildman–Crippen MR) is 63.3 cm³/mol. The van der Waals surface area contributed by atoms with Gasteiger partial charge in [0.15, 0.2) is 0 Å². The Kier molecular flexibility index (Phi) is 4.41. The highest BCUT2D eigenvalue weighted by Crippen LogP contribution is 2.36. The number of likely N-dealkylation sites (tertiary alicyclic amines) is 1. The SMILES string of the molecule is CCC(=O)N1CCC2(CCCNC2)C1.Cl. The van der Waals surface area contributed by atoms with Crippen LogP contribution in [0.15, 0.2) is 0 Å². The second-order valence-electron chi connectivity index (χ2n) is 4.70. The molecule has 2 fully saturated rings. The molecule has 1 N–H and O–H groups in total. The number of carbonyl (C=O) groups excluding carboxylic acids is 1. The smallest absolute Gasteiger partial charge is 0.222 e. The number of nitrogens with one attached hydrogen (secondary N) is 1. The van der Waals surface area contributed by atoms with E-state index in [1.165, 1.54) is 19.3 Å². The second kappa shape index (κ2) is 5.17. The summed E-state index contributed by atoms with van der Waals surface area (Å²) in [6, 6.07) is 0. The summed E-state index contributed by atoms with van der Waals surface area (Å²) >= 11 is 0. The van der Waals surface area contributed by atoms with Crippen molar-refractivity contribution >= 4 is 18.3 Å². The Labute approximate surface area is 98.0 Å². The number of carbonyl (C=O) groups is 1. The Bertz CT molecular complexity index is 227. The van der Waals surface area contributed by atoms with Crippen LogP contribution in [0.5, 0.6) is 0 Å². The van der Waals surface area contributed by atoms with E-state index in [-0.39, 0.29) is 12.4 Å². The van der Waals surface area contributed by atoms with Crippen LogP contribution in [0.3, 0.4) is 0 Å². The van der Waals surface area contributed by atoms with Gasteiger partial charge in [-0.3, -0.25) is 4.79 Å². The maximum absolute atomic E-state index is 11.5. The van der Waals surface area contributed by atoms with Gasteiger partial charge in [0.25, 0.3) is 0 Å². The highest BCUT2D eigenvalue weighted by Gasteiger charge is 2.39. The van der Waals surface area contributed by atoms with Crippen molar-refractivity contribution in [2.24, 2.45) is 5.41 Å². The number of rotatable bonds is 1. The predicted octanol–water partition coefficient (Wildman–Crippen LogP) is 1.42. The summed E-state index contributed by atoms with van der Waals surface area (Å²) in [6.07, 6.45) is 4.43. The molecule has 88 valence electrons. The van der Waals surface area contributed by atoms with E-state index in [1.807, 2.05) is 11.8 Å². The van der Waals surface area contributed by atoms with Crippen LogP contribution in [0.2, 0.25) is 0 Å². The van der Waals surface area contributed by atoms with E-state index in [0.29, 0.717) is 17.7 Å². The van der Waals surface area contributed by atoms with Gasteiger partial charge >= 0.3 is 0 Å². The number of halogens is 1. The van der Waals surface area contributed by atoms with Crippen molar-refractivity contribution in [3.63, 3.8) is 0 Å². The molecular formula is C11H21ClN2O. The molecule has 0 aromatic carbocycles. The van der Waals surface area contributed by atoms with Crippen LogP contribution in [0.4, 0.5) is 0 Å². The molecule has 2 saturated heterocycles. The topological polar surface area (TPSA) is 32.3 Å². The standard InChI is InChI=1S/C11H20N2O.ClH/c1-2-10(14)13-7-5-11(9-13)4-3-6-12-8-11;/h12H,2-9H2,1H3;1H. The quantitative estimate of drug-likeness (QED) is 0.742. The van der Waals surface area contributed by atoms with Crippen LogP contribution < -0.4 is 5.32 Å². The molecule has 0 aromatic rings. The molecule has 3 nitrogen and oxygen atoms in total. The molecule has 0 radical (unpaired) electrons. The third-order valence-corrected chi connectivity index (χ3v) is 3.65. The van der Waals surface area contributed by atoms with Crippen molar-refractivity contribution in [2.45, 2.75) is 32.6 Å². The Morgan fingerprint density at radius 3 is 2.87 bits per heavy atom. The van der Waals surface area contributed by atoms with E-state index in [2.05, 4.69) is 5.32 Å². The number of hydrogen-bond acceptors (Lipinski definition) is 2. The summed E-state index contributed by atoms with van der Waals surface area (Å²) in [5.41, 5.74) is 0.420. The molecule has 1 atom stereocenters.